The molecule has 5 nitrogen and oxygen atoms in total. The summed E-state index contributed by atoms with van der Waals surface area (Å²) < 4.78 is 0. The number of nitrogens with zero attached hydrogens (tertiary/aromatic N) is 2. The number of nitrogens with one attached hydrogen (secondary N) is 1. The lowest BCUT2D eigenvalue weighted by atomic mass is 10.1. The lowest BCUT2D eigenvalue weighted by molar-refractivity contribution is -0.131. The van der Waals surface area contributed by atoms with E-state index in [1.165, 1.54) is 4.90 Å². The summed E-state index contributed by atoms with van der Waals surface area (Å²) in [5.41, 5.74) is 1.66. The normalized spacial score (nSPS) is 20.4. The second kappa shape index (κ2) is 4.53. The van der Waals surface area contributed by atoms with E-state index < -0.39 is 6.04 Å². The van der Waals surface area contributed by atoms with Crippen LogP contribution in [0.25, 0.3) is 0 Å². The van der Waals surface area contributed by atoms with Gasteiger partial charge in [0.2, 0.25) is 11.8 Å². The van der Waals surface area contributed by atoms with Crippen LogP contribution in [0.1, 0.15) is 18.9 Å². The fourth-order valence-corrected chi connectivity index (χ4v) is 1.93. The van der Waals surface area contributed by atoms with Crippen LogP contribution >= 0.6 is 0 Å². The molecule has 2 heterocycles. The number of anilines is 1. The molecule has 0 aromatic carbocycles. The summed E-state index contributed by atoms with van der Waals surface area (Å²) in [6, 6.07) is 1.41. The van der Waals surface area contributed by atoms with E-state index >= 15 is 0 Å². The minimum atomic E-state index is -0.421. The third-order valence-corrected chi connectivity index (χ3v) is 2.91. The van der Waals surface area contributed by atoms with Crippen molar-refractivity contribution >= 4 is 17.5 Å². The minimum Gasteiger partial charge on any atom is -0.343 e. The van der Waals surface area contributed by atoms with Crippen molar-refractivity contribution in [2.24, 2.45) is 0 Å². The lowest BCUT2D eigenvalue weighted by Gasteiger charge is -2.32. The number of carbonyl (C=O) groups excluding carboxylic acids is 2. The molecule has 1 N–H and O–H groups in total. The number of carbonyl (C=O) groups is 2. The average molecular weight is 233 g/mol. The van der Waals surface area contributed by atoms with E-state index in [9.17, 15) is 9.59 Å². The van der Waals surface area contributed by atoms with Crippen molar-refractivity contribution in [2.45, 2.75) is 26.3 Å². The van der Waals surface area contributed by atoms with Gasteiger partial charge in [-0.2, -0.15) is 0 Å². The number of hydrogen-bond donors (Lipinski definition) is 1. The summed E-state index contributed by atoms with van der Waals surface area (Å²) in [5, 5.41) is 2.68. The average Bonchev–Trinajstić information content (AvgIpc) is 2.32. The standard InChI is InChI=1S/C12H15N3O2/c1-3-9-12(17)15(7-11(16)14-9)10-6-13-5-4-8(10)2/h4-6,9H,3,7H2,1-2H3,(H,14,16). The highest BCUT2D eigenvalue weighted by Crippen LogP contribution is 2.21. The van der Waals surface area contributed by atoms with Crippen molar-refractivity contribution in [3.8, 4) is 0 Å². The summed E-state index contributed by atoms with van der Waals surface area (Å²) in [5.74, 6) is -0.192. The van der Waals surface area contributed by atoms with E-state index in [-0.39, 0.29) is 18.4 Å². The summed E-state index contributed by atoms with van der Waals surface area (Å²) in [6.45, 7) is 3.85. The van der Waals surface area contributed by atoms with Crippen molar-refractivity contribution in [2.75, 3.05) is 11.4 Å². The second-order valence-electron chi connectivity index (χ2n) is 4.11. The van der Waals surface area contributed by atoms with Crippen LogP contribution in [-0.4, -0.2) is 29.4 Å². The second-order valence-corrected chi connectivity index (χ2v) is 4.11. The van der Waals surface area contributed by atoms with Gasteiger partial charge in [0.1, 0.15) is 12.6 Å². The Morgan fingerprint density at radius 2 is 2.29 bits per heavy atom. The molecule has 90 valence electrons. The zero-order valence-corrected chi connectivity index (χ0v) is 9.93. The number of amides is 2. The Morgan fingerprint density at radius 3 is 2.94 bits per heavy atom. The molecule has 1 fully saturated rings. The molecule has 17 heavy (non-hydrogen) atoms. The van der Waals surface area contributed by atoms with Gasteiger partial charge < -0.3 is 5.32 Å². The van der Waals surface area contributed by atoms with Crippen molar-refractivity contribution < 1.29 is 9.59 Å². The molecule has 1 aliphatic rings. The molecule has 1 saturated heterocycles. The van der Waals surface area contributed by atoms with Gasteiger partial charge in [0.25, 0.3) is 0 Å². The fraction of sp³-hybridized carbons (Fsp3) is 0.417. The van der Waals surface area contributed by atoms with Crippen LogP contribution in [0.15, 0.2) is 18.5 Å². The summed E-state index contributed by atoms with van der Waals surface area (Å²) in [4.78, 5) is 29.2. The molecule has 1 aromatic heterocycles. The Labute approximate surface area is 99.8 Å². The number of piperazine rings is 1. The Bertz CT molecular complexity index is 459. The number of pyridine rings is 1. The molecule has 2 rings (SSSR count). The van der Waals surface area contributed by atoms with E-state index in [1.807, 2.05) is 19.9 Å². The number of aromatic nitrogens is 1. The fourth-order valence-electron chi connectivity index (χ4n) is 1.93. The maximum absolute atomic E-state index is 12.1. The highest BCUT2D eigenvalue weighted by Gasteiger charge is 2.32. The molecule has 2 amide bonds. The molecule has 1 aromatic rings. The first kappa shape index (κ1) is 11.6. The minimum absolute atomic E-state index is 0.0665. The zero-order valence-electron chi connectivity index (χ0n) is 9.93. The highest BCUT2D eigenvalue weighted by molar-refractivity contribution is 6.06. The lowest BCUT2D eigenvalue weighted by Crippen LogP contribution is -2.58. The van der Waals surface area contributed by atoms with Gasteiger partial charge in [0.15, 0.2) is 0 Å². The molecule has 1 aliphatic heterocycles. The summed E-state index contributed by atoms with van der Waals surface area (Å²) in [7, 11) is 0. The Balaban J connectivity index is 2.34. The van der Waals surface area contributed by atoms with Gasteiger partial charge in [-0.15, -0.1) is 0 Å². The third kappa shape index (κ3) is 2.13. The first-order chi connectivity index (χ1) is 8.13. The maximum Gasteiger partial charge on any atom is 0.250 e. The molecule has 0 aliphatic carbocycles. The zero-order chi connectivity index (χ0) is 12.4. The predicted octanol–water partition coefficient (Wildman–Crippen LogP) is 0.631. The van der Waals surface area contributed by atoms with Crippen molar-refractivity contribution in [1.82, 2.24) is 10.3 Å². The molecule has 0 radical (unpaired) electrons. The van der Waals surface area contributed by atoms with E-state index in [0.29, 0.717) is 12.1 Å². The molecule has 1 unspecified atom stereocenters. The third-order valence-electron chi connectivity index (χ3n) is 2.91. The predicted molar refractivity (Wildman–Crippen MR) is 63.5 cm³/mol. The van der Waals surface area contributed by atoms with Crippen molar-refractivity contribution in [1.29, 1.82) is 0 Å². The largest absolute Gasteiger partial charge is 0.343 e. The van der Waals surface area contributed by atoms with Gasteiger partial charge in [-0.1, -0.05) is 6.92 Å². The quantitative estimate of drug-likeness (QED) is 0.815. The van der Waals surface area contributed by atoms with Crippen LogP contribution in [0, 0.1) is 6.92 Å². The first-order valence-electron chi connectivity index (χ1n) is 5.65. The number of rotatable bonds is 2. The van der Waals surface area contributed by atoms with Crippen LogP contribution in [0.3, 0.4) is 0 Å². The van der Waals surface area contributed by atoms with E-state index in [1.54, 1.807) is 12.4 Å². The summed E-state index contributed by atoms with van der Waals surface area (Å²) >= 11 is 0. The first-order valence-corrected chi connectivity index (χ1v) is 5.65. The van der Waals surface area contributed by atoms with Crippen LogP contribution in [-0.2, 0) is 9.59 Å². The number of aryl methyl sites for hydroxylation is 1. The van der Waals surface area contributed by atoms with Gasteiger partial charge >= 0.3 is 0 Å². The molecule has 1 atom stereocenters. The molecule has 0 bridgehead atoms. The number of hydrogen-bond acceptors (Lipinski definition) is 3. The van der Waals surface area contributed by atoms with Crippen LogP contribution in [0.2, 0.25) is 0 Å². The van der Waals surface area contributed by atoms with Crippen LogP contribution in [0.5, 0.6) is 0 Å². The molecule has 0 spiro atoms. The topological polar surface area (TPSA) is 62.3 Å². The Hall–Kier alpha value is -1.91. The maximum atomic E-state index is 12.1. The monoisotopic (exact) mass is 233 g/mol. The van der Waals surface area contributed by atoms with Gasteiger partial charge in [0, 0.05) is 6.20 Å². The van der Waals surface area contributed by atoms with Gasteiger partial charge in [0.05, 0.1) is 11.9 Å². The molecule has 0 saturated carbocycles. The van der Waals surface area contributed by atoms with E-state index in [2.05, 4.69) is 10.3 Å². The van der Waals surface area contributed by atoms with Gasteiger partial charge in [-0.3, -0.25) is 19.5 Å². The SMILES string of the molecule is CCC1NC(=O)CN(c2cnccc2C)C1=O. The van der Waals surface area contributed by atoms with Gasteiger partial charge in [-0.05, 0) is 25.0 Å². The molecular formula is C12H15N3O2. The summed E-state index contributed by atoms with van der Waals surface area (Å²) in [6.07, 6.45) is 3.89. The van der Waals surface area contributed by atoms with Crippen molar-refractivity contribution in [3.63, 3.8) is 0 Å². The van der Waals surface area contributed by atoms with E-state index in [0.717, 1.165) is 5.56 Å². The highest BCUT2D eigenvalue weighted by atomic mass is 16.2. The van der Waals surface area contributed by atoms with E-state index in [4.69, 9.17) is 0 Å². The van der Waals surface area contributed by atoms with Crippen molar-refractivity contribution in [3.05, 3.63) is 24.0 Å². The molecular weight excluding hydrogens is 218 g/mol. The van der Waals surface area contributed by atoms with Gasteiger partial charge in [-0.25, -0.2) is 0 Å². The van der Waals surface area contributed by atoms with Crippen LogP contribution in [0.4, 0.5) is 5.69 Å². The smallest absolute Gasteiger partial charge is 0.250 e. The Kier molecular flexibility index (Phi) is 3.08. The Morgan fingerprint density at radius 1 is 1.53 bits per heavy atom. The molecule has 5 heteroatoms. The van der Waals surface area contributed by atoms with Crippen LogP contribution < -0.4 is 10.2 Å².